The number of nitrogens with zero attached hydrogens (tertiary/aromatic N) is 1. The lowest BCUT2D eigenvalue weighted by Gasteiger charge is -2.31. The summed E-state index contributed by atoms with van der Waals surface area (Å²) in [5.74, 6) is -0.501. The molecule has 122 valence electrons. The van der Waals surface area contributed by atoms with Gasteiger partial charge in [-0.2, -0.15) is 0 Å². The summed E-state index contributed by atoms with van der Waals surface area (Å²) in [6.07, 6.45) is -0.171. The Morgan fingerprint density at radius 3 is 1.90 bits per heavy atom. The van der Waals surface area contributed by atoms with E-state index in [0.717, 1.165) is 0 Å². The van der Waals surface area contributed by atoms with Crippen molar-refractivity contribution in [3.63, 3.8) is 0 Å². The van der Waals surface area contributed by atoms with Crippen LogP contribution in [0, 0.1) is 0 Å². The Labute approximate surface area is 122 Å². The van der Waals surface area contributed by atoms with E-state index in [1.54, 1.807) is 6.92 Å². The predicted octanol–water partition coefficient (Wildman–Crippen LogP) is 2.28. The molecule has 0 aliphatic rings. The standard InChI is InChI=1S/C11H21NO7P2/c1-5-8-9(7(3)4)12-19-10(8)11(6-2,20(13,14)15)21(16,17)18/h7H,5-6H2,1-4H3,(H2,13,14,15)(H2,16,17,18). The minimum atomic E-state index is -5.20. The number of aromatic nitrogens is 1. The van der Waals surface area contributed by atoms with E-state index >= 15 is 0 Å². The molecule has 0 atom stereocenters. The molecule has 0 spiro atoms. The van der Waals surface area contributed by atoms with Crippen molar-refractivity contribution in [2.45, 2.75) is 51.4 Å². The molecule has 0 aliphatic carbocycles. The van der Waals surface area contributed by atoms with Crippen molar-refractivity contribution >= 4 is 15.2 Å². The molecule has 0 unspecified atom stereocenters. The van der Waals surface area contributed by atoms with Gasteiger partial charge in [0.15, 0.2) is 5.76 Å². The average molecular weight is 341 g/mol. The molecule has 1 aromatic heterocycles. The highest BCUT2D eigenvalue weighted by Gasteiger charge is 2.64. The predicted molar refractivity (Wildman–Crippen MR) is 76.0 cm³/mol. The Hall–Kier alpha value is -0.490. The molecule has 21 heavy (non-hydrogen) atoms. The maximum Gasteiger partial charge on any atom is 0.351 e. The van der Waals surface area contributed by atoms with Crippen LogP contribution >= 0.6 is 15.2 Å². The first-order valence-electron chi connectivity index (χ1n) is 6.54. The zero-order valence-corrected chi connectivity index (χ0v) is 14.1. The van der Waals surface area contributed by atoms with E-state index in [9.17, 15) is 28.7 Å². The van der Waals surface area contributed by atoms with Crippen LogP contribution < -0.4 is 0 Å². The van der Waals surface area contributed by atoms with Gasteiger partial charge in [-0.3, -0.25) is 9.13 Å². The lowest BCUT2D eigenvalue weighted by molar-refractivity contribution is 0.272. The van der Waals surface area contributed by atoms with E-state index in [1.165, 1.54) is 6.92 Å². The van der Waals surface area contributed by atoms with E-state index in [1.807, 2.05) is 13.8 Å². The second-order valence-corrected chi connectivity index (χ2v) is 9.20. The fraction of sp³-hybridized carbons (Fsp3) is 0.727. The highest BCUT2D eigenvalue weighted by atomic mass is 31.2. The summed E-state index contributed by atoms with van der Waals surface area (Å²) in [7, 11) is -10.4. The second-order valence-electron chi connectivity index (χ2n) is 5.14. The first kappa shape index (κ1) is 18.6. The minimum Gasteiger partial charge on any atom is -0.359 e. The summed E-state index contributed by atoms with van der Waals surface area (Å²) in [6, 6.07) is 0. The van der Waals surface area contributed by atoms with Crippen LogP contribution in [-0.2, 0) is 20.4 Å². The molecule has 1 aromatic rings. The third-order valence-corrected chi connectivity index (χ3v) is 8.07. The molecule has 0 aromatic carbocycles. The van der Waals surface area contributed by atoms with E-state index in [4.69, 9.17) is 4.52 Å². The van der Waals surface area contributed by atoms with Crippen LogP contribution in [0.1, 0.15) is 57.1 Å². The molecule has 0 saturated carbocycles. The van der Waals surface area contributed by atoms with Gasteiger partial charge in [0.1, 0.15) is 0 Å². The first-order valence-corrected chi connectivity index (χ1v) is 9.76. The fourth-order valence-corrected chi connectivity index (χ4v) is 5.50. The van der Waals surface area contributed by atoms with Gasteiger partial charge in [-0.05, 0) is 18.8 Å². The van der Waals surface area contributed by atoms with Crippen molar-refractivity contribution in [1.82, 2.24) is 5.16 Å². The van der Waals surface area contributed by atoms with E-state index in [-0.39, 0.29) is 5.92 Å². The molecule has 4 N–H and O–H groups in total. The molecule has 0 amide bonds. The third-order valence-electron chi connectivity index (χ3n) is 3.54. The summed E-state index contributed by atoms with van der Waals surface area (Å²) >= 11 is 0. The van der Waals surface area contributed by atoms with Gasteiger partial charge in [0.05, 0.1) is 5.69 Å². The topological polar surface area (TPSA) is 141 Å². The van der Waals surface area contributed by atoms with Crippen LogP contribution in [0.4, 0.5) is 0 Å². The van der Waals surface area contributed by atoms with Gasteiger partial charge in [-0.25, -0.2) is 0 Å². The highest BCUT2D eigenvalue weighted by molar-refractivity contribution is 7.71. The molecular formula is C11H21NO7P2. The zero-order chi connectivity index (χ0) is 16.6. The lowest BCUT2D eigenvalue weighted by Crippen LogP contribution is -2.26. The average Bonchev–Trinajstić information content (AvgIpc) is 2.70. The smallest absolute Gasteiger partial charge is 0.351 e. The van der Waals surface area contributed by atoms with E-state index in [2.05, 4.69) is 5.16 Å². The van der Waals surface area contributed by atoms with Gasteiger partial charge < -0.3 is 24.1 Å². The summed E-state index contributed by atoms with van der Waals surface area (Å²) < 4.78 is 28.8. The third kappa shape index (κ3) is 2.89. The summed E-state index contributed by atoms with van der Waals surface area (Å²) in [4.78, 5) is 35.8. The molecule has 10 heteroatoms. The number of hydrogen-bond acceptors (Lipinski definition) is 4. The summed E-state index contributed by atoms with van der Waals surface area (Å²) in [5, 5.41) is 3.77. The fourth-order valence-electron chi connectivity index (χ4n) is 2.44. The molecule has 0 aliphatic heterocycles. The van der Waals surface area contributed by atoms with Gasteiger partial charge in [0, 0.05) is 5.56 Å². The van der Waals surface area contributed by atoms with Crippen molar-refractivity contribution in [3.8, 4) is 0 Å². The molecular weight excluding hydrogens is 320 g/mol. The Morgan fingerprint density at radius 1 is 1.14 bits per heavy atom. The Balaban J connectivity index is 3.80. The van der Waals surface area contributed by atoms with E-state index in [0.29, 0.717) is 17.7 Å². The highest BCUT2D eigenvalue weighted by Crippen LogP contribution is 2.76. The van der Waals surface area contributed by atoms with Crippen molar-refractivity contribution in [2.75, 3.05) is 0 Å². The van der Waals surface area contributed by atoms with Gasteiger partial charge in [0.25, 0.3) is 0 Å². The largest absolute Gasteiger partial charge is 0.359 e. The lowest BCUT2D eigenvalue weighted by atomic mass is 10.0. The monoisotopic (exact) mass is 341 g/mol. The SMILES string of the molecule is CCc1c(C(C)C)noc1C(CC)(P(=O)(O)O)P(=O)(O)O. The minimum absolute atomic E-state index is 0.0967. The first-order chi connectivity index (χ1) is 9.44. The van der Waals surface area contributed by atoms with Crippen LogP contribution in [0.15, 0.2) is 4.52 Å². The van der Waals surface area contributed by atoms with Crippen molar-refractivity contribution in [1.29, 1.82) is 0 Å². The van der Waals surface area contributed by atoms with Gasteiger partial charge in [0.2, 0.25) is 4.90 Å². The maximum atomic E-state index is 11.9. The molecule has 1 rings (SSSR count). The van der Waals surface area contributed by atoms with E-state index < -0.39 is 32.3 Å². The number of hydrogen-bond donors (Lipinski definition) is 4. The quantitative estimate of drug-likeness (QED) is 0.577. The van der Waals surface area contributed by atoms with Gasteiger partial charge in [-0.15, -0.1) is 0 Å². The van der Waals surface area contributed by atoms with Crippen LogP contribution in [0.25, 0.3) is 0 Å². The Bertz CT molecular complexity index is 576. The van der Waals surface area contributed by atoms with Gasteiger partial charge in [-0.1, -0.05) is 32.9 Å². The number of rotatable bonds is 6. The summed E-state index contributed by atoms with van der Waals surface area (Å²) in [5.41, 5.74) is 0.797. The van der Waals surface area contributed by atoms with Crippen LogP contribution in [-0.4, -0.2) is 24.7 Å². The van der Waals surface area contributed by atoms with Crippen LogP contribution in [0.3, 0.4) is 0 Å². The van der Waals surface area contributed by atoms with Crippen molar-refractivity contribution in [2.24, 2.45) is 0 Å². The van der Waals surface area contributed by atoms with Crippen LogP contribution in [0.5, 0.6) is 0 Å². The van der Waals surface area contributed by atoms with Crippen LogP contribution in [0.2, 0.25) is 0 Å². The normalized spacial score (nSPS) is 14.0. The molecule has 1 heterocycles. The molecule has 0 fully saturated rings. The molecule has 0 bridgehead atoms. The zero-order valence-electron chi connectivity index (χ0n) is 12.3. The summed E-state index contributed by atoms with van der Waals surface area (Å²) in [6.45, 7) is 6.63. The Kier molecular flexibility index (Phi) is 5.26. The van der Waals surface area contributed by atoms with Gasteiger partial charge >= 0.3 is 15.2 Å². The maximum absolute atomic E-state index is 11.9. The molecule has 8 nitrogen and oxygen atoms in total. The second kappa shape index (κ2) is 5.95. The molecule has 0 saturated heterocycles. The van der Waals surface area contributed by atoms with Crippen molar-refractivity contribution < 1.29 is 33.2 Å². The molecule has 0 radical (unpaired) electrons. The van der Waals surface area contributed by atoms with Crippen molar-refractivity contribution in [3.05, 3.63) is 17.0 Å². The Morgan fingerprint density at radius 2 is 1.62 bits per heavy atom.